The molecule has 8 nitrogen and oxygen atoms in total. The maximum Gasteiger partial charge on any atom is 0.185 e. The molecule has 8 heteroatoms. The van der Waals surface area contributed by atoms with Crippen LogP contribution in [0.2, 0.25) is 0 Å². The van der Waals surface area contributed by atoms with Crippen LogP contribution in [-0.2, 0) is 4.79 Å². The number of aliphatic imine (C=N–C) groups is 2. The average molecular weight is 384 g/mol. The van der Waals surface area contributed by atoms with E-state index in [1.54, 1.807) is 0 Å². The van der Waals surface area contributed by atoms with Crippen LogP contribution in [-0.4, -0.2) is 43.9 Å². The van der Waals surface area contributed by atoms with Gasteiger partial charge >= 0.3 is 0 Å². The van der Waals surface area contributed by atoms with E-state index >= 15 is 0 Å². The number of nitrogens with two attached hydrogens (primary N) is 4. The molecule has 0 saturated heterocycles. The molecule has 0 rings (SSSR count). The summed E-state index contributed by atoms with van der Waals surface area (Å²) < 4.78 is 0. The Morgan fingerprint density at radius 3 is 1.93 bits per heavy atom. The lowest BCUT2D eigenvalue weighted by molar-refractivity contribution is -0.122. The molecular weight excluding hydrogens is 342 g/mol. The van der Waals surface area contributed by atoms with E-state index in [-0.39, 0.29) is 17.8 Å². The summed E-state index contributed by atoms with van der Waals surface area (Å²) in [6.45, 7) is 5.25. The van der Waals surface area contributed by atoms with E-state index in [4.69, 9.17) is 22.9 Å². The lowest BCUT2D eigenvalue weighted by Gasteiger charge is -2.10. The molecule has 1 atom stereocenters. The van der Waals surface area contributed by atoms with Crippen molar-refractivity contribution in [1.29, 1.82) is 0 Å². The summed E-state index contributed by atoms with van der Waals surface area (Å²) in [5.41, 5.74) is 21.1. The molecule has 0 fully saturated rings. The van der Waals surface area contributed by atoms with Gasteiger partial charge in [0.2, 0.25) is 0 Å². The monoisotopic (exact) mass is 383 g/mol. The summed E-state index contributed by atoms with van der Waals surface area (Å²) in [6.07, 6.45) is 10.4. The highest BCUT2D eigenvalue weighted by molar-refractivity contribution is 5.80. The minimum atomic E-state index is 0.0891. The standard InChI is InChI=1S/C19H41N7O/c1-16(10-8-15-26-19(22)23)17(27)11-9-13-24-12-6-4-2-3-5-7-14-25-18(20)21/h16,24H,2-15H2,1H3,(H4,20,21,25)(H4,22,23,26). The van der Waals surface area contributed by atoms with Gasteiger partial charge in [0.1, 0.15) is 5.78 Å². The van der Waals surface area contributed by atoms with Crippen molar-refractivity contribution in [2.45, 2.75) is 71.1 Å². The Hall–Kier alpha value is -1.83. The number of hydrogen-bond acceptors (Lipinski definition) is 4. The zero-order valence-electron chi connectivity index (χ0n) is 17.1. The summed E-state index contributed by atoms with van der Waals surface area (Å²) in [6, 6.07) is 0. The van der Waals surface area contributed by atoms with Gasteiger partial charge < -0.3 is 28.3 Å². The van der Waals surface area contributed by atoms with E-state index < -0.39 is 0 Å². The van der Waals surface area contributed by atoms with Crippen LogP contribution in [0.3, 0.4) is 0 Å². The van der Waals surface area contributed by atoms with Gasteiger partial charge in [-0.05, 0) is 45.2 Å². The molecule has 0 aromatic heterocycles. The van der Waals surface area contributed by atoms with Gasteiger partial charge in [-0.1, -0.05) is 32.6 Å². The fraction of sp³-hybridized carbons (Fsp3) is 0.842. The van der Waals surface area contributed by atoms with Crippen molar-refractivity contribution in [2.24, 2.45) is 38.8 Å². The Kier molecular flexibility index (Phi) is 16.4. The van der Waals surface area contributed by atoms with E-state index in [2.05, 4.69) is 15.3 Å². The Balaban J connectivity index is 3.37. The molecule has 0 aliphatic heterocycles. The van der Waals surface area contributed by atoms with Crippen molar-refractivity contribution >= 4 is 17.7 Å². The zero-order valence-corrected chi connectivity index (χ0v) is 17.1. The topological polar surface area (TPSA) is 158 Å². The summed E-state index contributed by atoms with van der Waals surface area (Å²) in [5.74, 6) is 0.719. The molecule has 0 aromatic rings. The van der Waals surface area contributed by atoms with Crippen molar-refractivity contribution in [3.8, 4) is 0 Å². The molecule has 0 amide bonds. The quantitative estimate of drug-likeness (QED) is 0.136. The molecule has 1 unspecified atom stereocenters. The number of nitrogens with zero attached hydrogens (tertiary/aromatic N) is 2. The number of ketones is 1. The first-order chi connectivity index (χ1) is 12.9. The van der Waals surface area contributed by atoms with Crippen LogP contribution in [0, 0.1) is 5.92 Å². The Morgan fingerprint density at radius 1 is 0.778 bits per heavy atom. The number of unbranched alkanes of at least 4 members (excludes halogenated alkanes) is 5. The van der Waals surface area contributed by atoms with Crippen molar-refractivity contribution in [2.75, 3.05) is 26.2 Å². The van der Waals surface area contributed by atoms with E-state index in [9.17, 15) is 4.79 Å². The zero-order chi connectivity index (χ0) is 20.3. The van der Waals surface area contributed by atoms with Gasteiger partial charge in [-0.25, -0.2) is 0 Å². The predicted octanol–water partition coefficient (Wildman–Crippen LogP) is 1.23. The maximum atomic E-state index is 12.1. The van der Waals surface area contributed by atoms with Crippen LogP contribution in [0.1, 0.15) is 71.1 Å². The molecule has 158 valence electrons. The summed E-state index contributed by atoms with van der Waals surface area (Å²) in [4.78, 5) is 20.0. The largest absolute Gasteiger partial charge is 0.370 e. The lowest BCUT2D eigenvalue weighted by Crippen LogP contribution is -2.23. The van der Waals surface area contributed by atoms with Gasteiger partial charge in [-0.15, -0.1) is 0 Å². The number of carbonyl (C=O) groups is 1. The lowest BCUT2D eigenvalue weighted by atomic mass is 9.97. The summed E-state index contributed by atoms with van der Waals surface area (Å²) in [7, 11) is 0. The Bertz CT molecular complexity index is 430. The molecule has 27 heavy (non-hydrogen) atoms. The van der Waals surface area contributed by atoms with Crippen LogP contribution in [0.25, 0.3) is 0 Å². The third kappa shape index (κ3) is 18.8. The first-order valence-electron chi connectivity index (χ1n) is 10.3. The first kappa shape index (κ1) is 25.2. The Labute approximate surface area is 164 Å². The average Bonchev–Trinajstić information content (AvgIpc) is 2.61. The predicted molar refractivity (Wildman–Crippen MR) is 115 cm³/mol. The molecule has 0 spiro atoms. The highest BCUT2D eigenvalue weighted by Gasteiger charge is 2.11. The second-order valence-electron chi connectivity index (χ2n) is 7.10. The Morgan fingerprint density at radius 2 is 1.30 bits per heavy atom. The van der Waals surface area contributed by atoms with Gasteiger partial charge in [0.05, 0.1) is 0 Å². The van der Waals surface area contributed by atoms with Gasteiger partial charge in [0.25, 0.3) is 0 Å². The normalized spacial score (nSPS) is 11.7. The molecular formula is C19H41N7O. The van der Waals surface area contributed by atoms with E-state index in [1.807, 2.05) is 6.92 Å². The third-order valence-corrected chi connectivity index (χ3v) is 4.47. The van der Waals surface area contributed by atoms with Gasteiger partial charge in [0.15, 0.2) is 11.9 Å². The second-order valence-corrected chi connectivity index (χ2v) is 7.10. The SMILES string of the molecule is CC(CCCN=C(N)N)C(=O)CCCNCCCCCCCCN=C(N)N. The van der Waals surface area contributed by atoms with Crippen molar-refractivity contribution < 1.29 is 4.79 Å². The second kappa shape index (κ2) is 17.6. The smallest absolute Gasteiger partial charge is 0.185 e. The summed E-state index contributed by atoms with van der Waals surface area (Å²) in [5, 5.41) is 3.42. The molecule has 0 aliphatic rings. The minimum absolute atomic E-state index is 0.0891. The van der Waals surface area contributed by atoms with Gasteiger partial charge in [0, 0.05) is 25.4 Å². The highest BCUT2D eigenvalue weighted by atomic mass is 16.1. The van der Waals surface area contributed by atoms with Crippen LogP contribution in [0.5, 0.6) is 0 Å². The van der Waals surface area contributed by atoms with Gasteiger partial charge in [-0.3, -0.25) is 14.8 Å². The number of guanidine groups is 2. The molecule has 0 aliphatic carbocycles. The number of hydrogen-bond donors (Lipinski definition) is 5. The molecule has 0 aromatic carbocycles. The van der Waals surface area contributed by atoms with E-state index in [0.717, 1.165) is 45.3 Å². The molecule has 9 N–H and O–H groups in total. The molecule has 0 radical (unpaired) electrons. The third-order valence-electron chi connectivity index (χ3n) is 4.47. The highest BCUT2D eigenvalue weighted by Crippen LogP contribution is 2.10. The molecule has 0 bridgehead atoms. The molecule has 0 heterocycles. The number of nitrogens with one attached hydrogen (secondary N) is 1. The van der Waals surface area contributed by atoms with Crippen LogP contribution in [0.4, 0.5) is 0 Å². The maximum absolute atomic E-state index is 12.1. The first-order valence-corrected chi connectivity index (χ1v) is 10.3. The minimum Gasteiger partial charge on any atom is -0.370 e. The van der Waals surface area contributed by atoms with Crippen molar-refractivity contribution in [3.05, 3.63) is 0 Å². The van der Waals surface area contributed by atoms with Gasteiger partial charge in [-0.2, -0.15) is 0 Å². The van der Waals surface area contributed by atoms with Crippen molar-refractivity contribution in [1.82, 2.24) is 5.32 Å². The number of carbonyl (C=O) groups excluding carboxylic acids is 1. The van der Waals surface area contributed by atoms with Crippen LogP contribution in [0.15, 0.2) is 9.98 Å². The van der Waals surface area contributed by atoms with E-state index in [1.165, 1.54) is 32.1 Å². The fourth-order valence-electron chi connectivity index (χ4n) is 2.80. The van der Waals surface area contributed by atoms with E-state index in [0.29, 0.717) is 18.7 Å². The fourth-order valence-corrected chi connectivity index (χ4v) is 2.80. The number of rotatable bonds is 18. The van der Waals surface area contributed by atoms with Crippen LogP contribution < -0.4 is 28.3 Å². The summed E-state index contributed by atoms with van der Waals surface area (Å²) >= 11 is 0. The van der Waals surface area contributed by atoms with Crippen LogP contribution >= 0.6 is 0 Å². The van der Waals surface area contributed by atoms with Crippen molar-refractivity contribution in [3.63, 3.8) is 0 Å². The number of Topliss-reactive ketones (excluding diaryl/α,β-unsaturated/α-hetero) is 1. The molecule has 0 saturated carbocycles.